The first-order valence-corrected chi connectivity index (χ1v) is 6.85. The van der Waals surface area contributed by atoms with Crippen LogP contribution < -0.4 is 5.32 Å². The van der Waals surface area contributed by atoms with Crippen LogP contribution in [-0.2, 0) is 9.47 Å². The lowest BCUT2D eigenvalue weighted by Crippen LogP contribution is -2.32. The molecule has 2 atom stereocenters. The number of hydrogen-bond donors (Lipinski definition) is 1. The first kappa shape index (κ1) is 12.3. The van der Waals surface area contributed by atoms with Gasteiger partial charge in [0.25, 0.3) is 0 Å². The topological polar surface area (TPSA) is 30.5 Å². The van der Waals surface area contributed by atoms with Gasteiger partial charge in [0.1, 0.15) is 0 Å². The summed E-state index contributed by atoms with van der Waals surface area (Å²) in [6.45, 7) is 5.11. The summed E-state index contributed by atoms with van der Waals surface area (Å²) in [5, 5.41) is 3.54. The summed E-state index contributed by atoms with van der Waals surface area (Å²) in [4.78, 5) is 0. The molecule has 2 unspecified atom stereocenters. The van der Waals surface area contributed by atoms with Crippen molar-refractivity contribution in [3.63, 3.8) is 0 Å². The van der Waals surface area contributed by atoms with E-state index in [0.29, 0.717) is 6.10 Å². The fourth-order valence-electron chi connectivity index (χ4n) is 2.57. The first-order chi connectivity index (χ1) is 7.95. The van der Waals surface area contributed by atoms with Crippen molar-refractivity contribution in [2.24, 2.45) is 5.92 Å². The Morgan fingerprint density at radius 2 is 2.06 bits per heavy atom. The smallest absolute Gasteiger partial charge is 0.0587 e. The predicted octanol–water partition coefficient (Wildman–Crippen LogP) is 1.96. The molecule has 94 valence electrons. The minimum atomic E-state index is 0.517. The first-order valence-electron chi connectivity index (χ1n) is 6.85. The summed E-state index contributed by atoms with van der Waals surface area (Å²) >= 11 is 0. The van der Waals surface area contributed by atoms with Crippen LogP contribution in [0.2, 0.25) is 0 Å². The van der Waals surface area contributed by atoms with Gasteiger partial charge in [0, 0.05) is 19.8 Å². The lowest BCUT2D eigenvalue weighted by Gasteiger charge is -2.24. The van der Waals surface area contributed by atoms with Gasteiger partial charge < -0.3 is 14.8 Å². The van der Waals surface area contributed by atoms with Crippen molar-refractivity contribution >= 4 is 0 Å². The molecule has 0 amide bonds. The molecule has 3 heteroatoms. The molecule has 3 nitrogen and oxygen atoms in total. The average molecular weight is 227 g/mol. The lowest BCUT2D eigenvalue weighted by molar-refractivity contribution is 0.0108. The quantitative estimate of drug-likeness (QED) is 0.728. The Bertz CT molecular complexity index is 155. The molecule has 2 saturated heterocycles. The second-order valence-corrected chi connectivity index (χ2v) is 5.06. The Hall–Kier alpha value is -0.120. The summed E-state index contributed by atoms with van der Waals surface area (Å²) < 4.78 is 11.2. The lowest BCUT2D eigenvalue weighted by atomic mass is 10.0. The fourth-order valence-corrected chi connectivity index (χ4v) is 2.57. The number of hydrogen-bond acceptors (Lipinski definition) is 3. The van der Waals surface area contributed by atoms with Crippen molar-refractivity contribution in [1.82, 2.24) is 5.32 Å². The van der Waals surface area contributed by atoms with Crippen LogP contribution in [0.1, 0.15) is 38.5 Å². The molecule has 2 fully saturated rings. The van der Waals surface area contributed by atoms with Gasteiger partial charge in [-0.2, -0.15) is 0 Å². The van der Waals surface area contributed by atoms with Crippen molar-refractivity contribution in [2.45, 2.75) is 44.6 Å². The van der Waals surface area contributed by atoms with Gasteiger partial charge in [-0.1, -0.05) is 0 Å². The van der Waals surface area contributed by atoms with Crippen molar-refractivity contribution < 1.29 is 9.47 Å². The zero-order valence-corrected chi connectivity index (χ0v) is 10.2. The molecule has 2 aliphatic rings. The largest absolute Gasteiger partial charge is 0.381 e. The van der Waals surface area contributed by atoms with Crippen LogP contribution in [-0.4, -0.2) is 39.0 Å². The molecule has 1 N–H and O–H groups in total. The van der Waals surface area contributed by atoms with Gasteiger partial charge in [-0.3, -0.25) is 0 Å². The maximum Gasteiger partial charge on any atom is 0.0587 e. The van der Waals surface area contributed by atoms with Gasteiger partial charge in [-0.15, -0.1) is 0 Å². The van der Waals surface area contributed by atoms with E-state index in [0.717, 1.165) is 38.8 Å². The molecule has 16 heavy (non-hydrogen) atoms. The maximum absolute atomic E-state index is 5.71. The van der Waals surface area contributed by atoms with E-state index in [9.17, 15) is 0 Å². The van der Waals surface area contributed by atoms with E-state index < -0.39 is 0 Å². The standard InChI is InChI=1S/C13H25NO2/c1-2-9-16-13(5-1)6-7-14-10-12-4-3-8-15-11-12/h12-14H,1-11H2. The average Bonchev–Trinajstić information content (AvgIpc) is 2.37. The number of nitrogens with one attached hydrogen (secondary N) is 1. The molecule has 0 radical (unpaired) electrons. The highest BCUT2D eigenvalue weighted by molar-refractivity contribution is 4.68. The zero-order valence-electron chi connectivity index (χ0n) is 10.2. The van der Waals surface area contributed by atoms with Crippen molar-refractivity contribution in [1.29, 1.82) is 0 Å². The van der Waals surface area contributed by atoms with E-state index >= 15 is 0 Å². The second kappa shape index (κ2) is 7.25. The van der Waals surface area contributed by atoms with Crippen LogP contribution in [0.15, 0.2) is 0 Å². The molecule has 0 bridgehead atoms. The van der Waals surface area contributed by atoms with Crippen LogP contribution in [0.25, 0.3) is 0 Å². The van der Waals surface area contributed by atoms with E-state index in [1.807, 2.05) is 0 Å². The van der Waals surface area contributed by atoms with Crippen molar-refractivity contribution in [3.8, 4) is 0 Å². The Balaban J connectivity index is 1.47. The monoisotopic (exact) mass is 227 g/mol. The van der Waals surface area contributed by atoms with Gasteiger partial charge in [0.05, 0.1) is 12.7 Å². The van der Waals surface area contributed by atoms with E-state index in [2.05, 4.69) is 5.32 Å². The SMILES string of the molecule is C1CCC(CCNCC2CCCOC2)OC1. The van der Waals surface area contributed by atoms with Gasteiger partial charge in [0.2, 0.25) is 0 Å². The highest BCUT2D eigenvalue weighted by Crippen LogP contribution is 2.15. The summed E-state index contributed by atoms with van der Waals surface area (Å²) in [5.74, 6) is 0.737. The van der Waals surface area contributed by atoms with Gasteiger partial charge in [-0.05, 0) is 51.0 Å². The molecule has 0 spiro atoms. The zero-order chi connectivity index (χ0) is 11.1. The van der Waals surface area contributed by atoms with Gasteiger partial charge in [-0.25, -0.2) is 0 Å². The van der Waals surface area contributed by atoms with Crippen molar-refractivity contribution in [3.05, 3.63) is 0 Å². The van der Waals surface area contributed by atoms with E-state index in [1.165, 1.54) is 38.5 Å². The van der Waals surface area contributed by atoms with E-state index in [1.54, 1.807) is 0 Å². The van der Waals surface area contributed by atoms with Crippen LogP contribution in [0.5, 0.6) is 0 Å². The molecule has 0 aliphatic carbocycles. The summed E-state index contributed by atoms with van der Waals surface area (Å²) in [6, 6.07) is 0. The molecule has 0 saturated carbocycles. The van der Waals surface area contributed by atoms with Gasteiger partial charge >= 0.3 is 0 Å². The molecule has 2 rings (SSSR count). The van der Waals surface area contributed by atoms with Crippen LogP contribution in [0.4, 0.5) is 0 Å². The molecule has 0 aromatic heterocycles. The van der Waals surface area contributed by atoms with E-state index in [4.69, 9.17) is 9.47 Å². The minimum absolute atomic E-state index is 0.517. The van der Waals surface area contributed by atoms with Crippen LogP contribution >= 0.6 is 0 Å². The predicted molar refractivity (Wildman–Crippen MR) is 64.6 cm³/mol. The highest BCUT2D eigenvalue weighted by Gasteiger charge is 2.15. The maximum atomic E-state index is 5.71. The van der Waals surface area contributed by atoms with Crippen molar-refractivity contribution in [2.75, 3.05) is 32.9 Å². The third-order valence-electron chi connectivity index (χ3n) is 3.60. The Labute approximate surface area is 98.9 Å². The molecular formula is C13H25NO2. The fraction of sp³-hybridized carbons (Fsp3) is 1.00. The number of rotatable bonds is 5. The summed E-state index contributed by atoms with van der Waals surface area (Å²) in [5.41, 5.74) is 0. The summed E-state index contributed by atoms with van der Waals surface area (Å²) in [7, 11) is 0. The van der Waals surface area contributed by atoms with Crippen LogP contribution in [0, 0.1) is 5.92 Å². The molecule has 2 aliphatic heterocycles. The summed E-state index contributed by atoms with van der Waals surface area (Å²) in [6.07, 6.45) is 8.11. The van der Waals surface area contributed by atoms with E-state index in [-0.39, 0.29) is 0 Å². The van der Waals surface area contributed by atoms with Crippen LogP contribution in [0.3, 0.4) is 0 Å². The Morgan fingerprint density at radius 3 is 2.81 bits per heavy atom. The molecule has 0 aromatic carbocycles. The second-order valence-electron chi connectivity index (χ2n) is 5.06. The molecular weight excluding hydrogens is 202 g/mol. The molecule has 0 aromatic rings. The Morgan fingerprint density at radius 1 is 1.06 bits per heavy atom. The minimum Gasteiger partial charge on any atom is -0.381 e. The third kappa shape index (κ3) is 4.40. The third-order valence-corrected chi connectivity index (χ3v) is 3.60. The highest BCUT2D eigenvalue weighted by atomic mass is 16.5. The number of ether oxygens (including phenoxy) is 2. The Kier molecular flexibility index (Phi) is 5.59. The molecule has 2 heterocycles. The normalized spacial score (nSPS) is 31.5. The van der Waals surface area contributed by atoms with Gasteiger partial charge in [0.15, 0.2) is 0 Å².